The SMILES string of the molecule is Cc1cc(=O)oc2cc(OCc3csc([N+](=O)[O-])c3)c(Cl)cc12. The fourth-order valence-electron chi connectivity index (χ4n) is 2.13. The average molecular weight is 352 g/mol. The molecule has 2 heterocycles. The van der Waals surface area contributed by atoms with E-state index in [0.29, 0.717) is 21.9 Å². The van der Waals surface area contributed by atoms with E-state index in [9.17, 15) is 14.9 Å². The van der Waals surface area contributed by atoms with Gasteiger partial charge >= 0.3 is 10.6 Å². The van der Waals surface area contributed by atoms with E-state index in [1.807, 2.05) is 0 Å². The zero-order chi connectivity index (χ0) is 16.6. The number of halogens is 1. The van der Waals surface area contributed by atoms with E-state index in [4.69, 9.17) is 20.8 Å². The zero-order valence-corrected chi connectivity index (χ0v) is 13.4. The molecule has 23 heavy (non-hydrogen) atoms. The molecule has 0 saturated heterocycles. The van der Waals surface area contributed by atoms with Gasteiger partial charge in [-0.15, -0.1) is 0 Å². The van der Waals surface area contributed by atoms with E-state index in [0.717, 1.165) is 22.3 Å². The van der Waals surface area contributed by atoms with Crippen molar-refractivity contribution in [3.8, 4) is 5.75 Å². The number of aryl methyl sites for hydroxylation is 1. The normalized spacial score (nSPS) is 10.9. The monoisotopic (exact) mass is 351 g/mol. The Labute approximate surface area is 139 Å². The molecule has 0 atom stereocenters. The van der Waals surface area contributed by atoms with Gasteiger partial charge in [-0.2, -0.15) is 0 Å². The quantitative estimate of drug-likeness (QED) is 0.397. The minimum Gasteiger partial charge on any atom is -0.487 e. The molecule has 0 aliphatic rings. The highest BCUT2D eigenvalue weighted by atomic mass is 35.5. The predicted octanol–water partition coefficient (Wildman–Crippen LogP) is 4.30. The van der Waals surface area contributed by atoms with Gasteiger partial charge in [0.15, 0.2) is 0 Å². The van der Waals surface area contributed by atoms with Crippen molar-refractivity contribution in [3.05, 3.63) is 66.3 Å². The third kappa shape index (κ3) is 3.20. The van der Waals surface area contributed by atoms with Crippen LogP contribution in [0.25, 0.3) is 11.0 Å². The minimum atomic E-state index is -0.450. The van der Waals surface area contributed by atoms with Crippen LogP contribution in [0.2, 0.25) is 5.02 Å². The van der Waals surface area contributed by atoms with Gasteiger partial charge in [0.1, 0.15) is 17.9 Å². The number of hydrogen-bond acceptors (Lipinski definition) is 6. The van der Waals surface area contributed by atoms with Crippen molar-refractivity contribution in [2.45, 2.75) is 13.5 Å². The van der Waals surface area contributed by atoms with Crippen LogP contribution in [0.15, 0.2) is 38.9 Å². The molecule has 0 unspecified atom stereocenters. The molecule has 0 radical (unpaired) electrons. The Morgan fingerprint density at radius 1 is 1.35 bits per heavy atom. The number of fused-ring (bicyclic) bond motifs is 1. The van der Waals surface area contributed by atoms with Gasteiger partial charge in [0.05, 0.1) is 9.95 Å². The topological polar surface area (TPSA) is 82.6 Å². The highest BCUT2D eigenvalue weighted by Crippen LogP contribution is 2.32. The van der Waals surface area contributed by atoms with Gasteiger partial charge in [-0.3, -0.25) is 10.1 Å². The molecule has 2 aromatic heterocycles. The van der Waals surface area contributed by atoms with Gasteiger partial charge in [0, 0.05) is 34.5 Å². The van der Waals surface area contributed by atoms with Crippen LogP contribution in [-0.4, -0.2) is 4.92 Å². The molecule has 3 rings (SSSR count). The van der Waals surface area contributed by atoms with E-state index >= 15 is 0 Å². The number of hydrogen-bond donors (Lipinski definition) is 0. The molecular formula is C15H10ClNO5S. The Balaban J connectivity index is 1.88. The maximum atomic E-state index is 11.4. The number of benzene rings is 1. The van der Waals surface area contributed by atoms with Gasteiger partial charge in [-0.1, -0.05) is 22.9 Å². The van der Waals surface area contributed by atoms with Gasteiger partial charge in [-0.05, 0) is 18.6 Å². The second kappa shape index (κ2) is 6.02. The van der Waals surface area contributed by atoms with Gasteiger partial charge in [0.25, 0.3) is 0 Å². The Morgan fingerprint density at radius 2 is 2.13 bits per heavy atom. The minimum absolute atomic E-state index is 0.0508. The Bertz CT molecular complexity index is 962. The Morgan fingerprint density at radius 3 is 2.83 bits per heavy atom. The molecule has 6 nitrogen and oxygen atoms in total. The smallest absolute Gasteiger partial charge is 0.336 e. The molecule has 0 aliphatic heterocycles. The lowest BCUT2D eigenvalue weighted by Gasteiger charge is -2.09. The summed E-state index contributed by atoms with van der Waals surface area (Å²) < 4.78 is 10.7. The molecule has 0 N–H and O–H groups in total. The molecule has 0 aliphatic carbocycles. The second-order valence-electron chi connectivity index (χ2n) is 4.87. The zero-order valence-electron chi connectivity index (χ0n) is 11.9. The standard InChI is InChI=1S/C15H10ClNO5S/c1-8-2-15(18)22-12-5-13(11(16)4-10(8)12)21-6-9-3-14(17(19)20)23-7-9/h2-5,7H,6H2,1H3. The summed E-state index contributed by atoms with van der Waals surface area (Å²) in [5, 5.41) is 13.5. The first-order chi connectivity index (χ1) is 10.9. The lowest BCUT2D eigenvalue weighted by molar-refractivity contribution is -0.380. The first-order valence-electron chi connectivity index (χ1n) is 6.52. The lowest BCUT2D eigenvalue weighted by Crippen LogP contribution is -1.99. The summed E-state index contributed by atoms with van der Waals surface area (Å²) >= 11 is 7.22. The van der Waals surface area contributed by atoms with Crippen molar-refractivity contribution in [2.75, 3.05) is 0 Å². The third-order valence-electron chi connectivity index (χ3n) is 3.22. The maximum absolute atomic E-state index is 11.4. The van der Waals surface area contributed by atoms with Crippen LogP contribution in [0, 0.1) is 17.0 Å². The summed E-state index contributed by atoms with van der Waals surface area (Å²) in [7, 11) is 0. The molecule has 0 saturated carbocycles. The van der Waals surface area contributed by atoms with Gasteiger partial charge in [0.2, 0.25) is 0 Å². The summed E-state index contributed by atoms with van der Waals surface area (Å²) in [5.41, 5.74) is 1.36. The number of nitrogens with zero attached hydrogens (tertiary/aromatic N) is 1. The molecule has 1 aromatic carbocycles. The van der Waals surface area contributed by atoms with Gasteiger partial charge < -0.3 is 9.15 Å². The van der Waals surface area contributed by atoms with Crippen LogP contribution in [-0.2, 0) is 6.61 Å². The van der Waals surface area contributed by atoms with Crippen LogP contribution in [0.3, 0.4) is 0 Å². The number of rotatable bonds is 4. The summed E-state index contributed by atoms with van der Waals surface area (Å²) in [5.74, 6) is 0.349. The molecule has 0 spiro atoms. The molecule has 0 amide bonds. The summed E-state index contributed by atoms with van der Waals surface area (Å²) in [4.78, 5) is 21.7. The number of nitro groups is 1. The summed E-state index contributed by atoms with van der Waals surface area (Å²) in [6, 6.07) is 6.06. The van der Waals surface area contributed by atoms with Crippen molar-refractivity contribution in [1.29, 1.82) is 0 Å². The van der Waals surface area contributed by atoms with Crippen molar-refractivity contribution in [2.24, 2.45) is 0 Å². The average Bonchev–Trinajstić information content (AvgIpc) is 2.95. The second-order valence-corrected chi connectivity index (χ2v) is 6.16. The van der Waals surface area contributed by atoms with Crippen LogP contribution in [0.4, 0.5) is 5.00 Å². The number of ether oxygens (including phenoxy) is 1. The molecule has 0 bridgehead atoms. The van der Waals surface area contributed by atoms with E-state index in [-0.39, 0.29) is 11.6 Å². The maximum Gasteiger partial charge on any atom is 0.336 e. The molecule has 3 aromatic rings. The predicted molar refractivity (Wildman–Crippen MR) is 87.5 cm³/mol. The van der Waals surface area contributed by atoms with Crippen LogP contribution in [0.1, 0.15) is 11.1 Å². The van der Waals surface area contributed by atoms with Crippen LogP contribution < -0.4 is 10.4 Å². The lowest BCUT2D eigenvalue weighted by atomic mass is 10.1. The van der Waals surface area contributed by atoms with E-state index in [1.165, 1.54) is 12.1 Å². The fourth-order valence-corrected chi connectivity index (χ4v) is 3.06. The van der Waals surface area contributed by atoms with Crippen molar-refractivity contribution >= 4 is 38.9 Å². The van der Waals surface area contributed by atoms with Crippen LogP contribution in [0.5, 0.6) is 5.75 Å². The first kappa shape index (κ1) is 15.5. The highest BCUT2D eigenvalue weighted by molar-refractivity contribution is 7.13. The summed E-state index contributed by atoms with van der Waals surface area (Å²) in [6.45, 7) is 1.92. The molecule has 118 valence electrons. The molecular weight excluding hydrogens is 342 g/mol. The molecule has 0 fully saturated rings. The number of thiophene rings is 1. The molecule has 8 heteroatoms. The van der Waals surface area contributed by atoms with E-state index in [1.54, 1.807) is 24.4 Å². The largest absolute Gasteiger partial charge is 0.487 e. The fraction of sp³-hybridized carbons (Fsp3) is 0.133. The third-order valence-corrected chi connectivity index (χ3v) is 4.44. The van der Waals surface area contributed by atoms with E-state index < -0.39 is 10.5 Å². The summed E-state index contributed by atoms with van der Waals surface area (Å²) in [6.07, 6.45) is 0. The van der Waals surface area contributed by atoms with Gasteiger partial charge in [-0.25, -0.2) is 4.79 Å². The highest BCUT2D eigenvalue weighted by Gasteiger charge is 2.12. The van der Waals surface area contributed by atoms with Crippen molar-refractivity contribution < 1.29 is 14.1 Å². The van der Waals surface area contributed by atoms with Crippen molar-refractivity contribution in [3.63, 3.8) is 0 Å². The Hall–Kier alpha value is -2.38. The first-order valence-corrected chi connectivity index (χ1v) is 7.78. The Kier molecular flexibility index (Phi) is 4.06. The van der Waals surface area contributed by atoms with E-state index in [2.05, 4.69) is 0 Å². The van der Waals surface area contributed by atoms with Crippen LogP contribution >= 0.6 is 22.9 Å². The van der Waals surface area contributed by atoms with Crippen molar-refractivity contribution in [1.82, 2.24) is 0 Å².